The largest absolute Gasteiger partial charge is 0.421 e. The topological polar surface area (TPSA) is 76.9 Å². The summed E-state index contributed by atoms with van der Waals surface area (Å²) in [5.74, 6) is -0.212. The highest BCUT2D eigenvalue weighted by Gasteiger charge is 2.35. The molecule has 3 heterocycles. The van der Waals surface area contributed by atoms with Crippen molar-refractivity contribution in [2.45, 2.75) is 32.0 Å². The Hall–Kier alpha value is -2.36. The second-order valence-corrected chi connectivity index (χ2v) is 5.79. The van der Waals surface area contributed by atoms with Gasteiger partial charge in [0.2, 0.25) is 5.95 Å². The Balaban J connectivity index is 1.82. The first-order valence-corrected chi connectivity index (χ1v) is 7.91. The lowest BCUT2D eigenvalue weighted by Gasteiger charge is -2.23. The van der Waals surface area contributed by atoms with Gasteiger partial charge >= 0.3 is 6.18 Å². The Kier molecular flexibility index (Phi) is 4.80. The lowest BCUT2D eigenvalue weighted by molar-refractivity contribution is -0.137. The predicted molar refractivity (Wildman–Crippen MR) is 85.9 cm³/mol. The molecule has 0 radical (unpaired) electrons. The molecule has 2 aromatic heterocycles. The summed E-state index contributed by atoms with van der Waals surface area (Å²) in [5, 5.41) is 9.74. The molecule has 1 aliphatic rings. The second kappa shape index (κ2) is 6.87. The summed E-state index contributed by atoms with van der Waals surface area (Å²) in [6.07, 6.45) is -0.193. The number of nitrogens with one attached hydrogen (secondary N) is 2. The molecule has 0 aromatic carbocycles. The van der Waals surface area contributed by atoms with Gasteiger partial charge in [0.25, 0.3) is 0 Å². The van der Waals surface area contributed by atoms with Crippen LogP contribution in [-0.4, -0.2) is 40.0 Å². The van der Waals surface area contributed by atoms with Crippen molar-refractivity contribution in [3.05, 3.63) is 23.7 Å². The van der Waals surface area contributed by atoms with Gasteiger partial charge in [0.05, 0.1) is 30.2 Å². The summed E-state index contributed by atoms with van der Waals surface area (Å²) < 4.78 is 46.0. The summed E-state index contributed by atoms with van der Waals surface area (Å²) in [6, 6.07) is 0.158. The molecule has 0 aliphatic carbocycles. The van der Waals surface area contributed by atoms with Crippen LogP contribution in [0.25, 0.3) is 0 Å². The first-order chi connectivity index (χ1) is 11.9. The van der Waals surface area contributed by atoms with Crippen molar-refractivity contribution >= 4 is 17.5 Å². The molecule has 0 spiro atoms. The molecule has 1 atom stereocenters. The van der Waals surface area contributed by atoms with E-state index in [-0.39, 0.29) is 17.8 Å². The third kappa shape index (κ3) is 3.68. The van der Waals surface area contributed by atoms with Gasteiger partial charge in [0.1, 0.15) is 11.4 Å². The van der Waals surface area contributed by atoms with E-state index >= 15 is 0 Å². The number of aromatic nitrogens is 4. The Bertz CT molecular complexity index is 739. The molecule has 1 aliphatic heterocycles. The van der Waals surface area contributed by atoms with Crippen molar-refractivity contribution in [1.82, 2.24) is 19.7 Å². The third-order valence-electron chi connectivity index (χ3n) is 4.10. The zero-order chi connectivity index (χ0) is 18.0. The molecule has 1 saturated heterocycles. The molecule has 136 valence electrons. The smallest absolute Gasteiger partial charge is 0.379 e. The maximum Gasteiger partial charge on any atom is 0.421 e. The van der Waals surface area contributed by atoms with Gasteiger partial charge in [-0.25, -0.2) is 4.98 Å². The summed E-state index contributed by atoms with van der Waals surface area (Å²) in [7, 11) is 1.38. The number of rotatable bonds is 4. The maximum absolute atomic E-state index is 12.9. The van der Waals surface area contributed by atoms with Crippen LogP contribution >= 0.6 is 0 Å². The van der Waals surface area contributed by atoms with Crippen LogP contribution in [0.1, 0.15) is 30.1 Å². The minimum atomic E-state index is -4.52. The molecule has 0 saturated carbocycles. The number of hydrogen-bond acceptors (Lipinski definition) is 6. The molecule has 7 nitrogen and oxygen atoms in total. The van der Waals surface area contributed by atoms with Gasteiger partial charge in [-0.3, -0.25) is 4.68 Å². The third-order valence-corrected chi connectivity index (χ3v) is 4.10. The minimum Gasteiger partial charge on any atom is -0.379 e. The number of ether oxygens (including phenoxy) is 1. The standard InChI is InChI=1S/C15H19F3N6O/c1-9-12(7-21-24(9)10-4-3-5-25-8-10)22-14-20-6-11(15(16,17)18)13(19-2)23-14/h6-7,10H,3-5,8H2,1-2H3,(H2,19,20,22,23). The molecule has 0 amide bonds. The zero-order valence-electron chi connectivity index (χ0n) is 13.9. The summed E-state index contributed by atoms with van der Waals surface area (Å²) in [6.45, 7) is 3.24. The average Bonchev–Trinajstić information content (AvgIpc) is 2.95. The van der Waals surface area contributed by atoms with Crippen LogP contribution in [0, 0.1) is 6.92 Å². The first kappa shape index (κ1) is 17.5. The van der Waals surface area contributed by atoms with Gasteiger partial charge in [-0.15, -0.1) is 0 Å². The van der Waals surface area contributed by atoms with E-state index in [1.54, 1.807) is 6.20 Å². The van der Waals surface area contributed by atoms with E-state index in [1.165, 1.54) is 7.05 Å². The van der Waals surface area contributed by atoms with E-state index in [0.717, 1.165) is 31.3 Å². The predicted octanol–water partition coefficient (Wildman–Crippen LogP) is 3.14. The van der Waals surface area contributed by atoms with Crippen LogP contribution in [0.5, 0.6) is 0 Å². The number of anilines is 3. The highest BCUT2D eigenvalue weighted by molar-refractivity contribution is 5.58. The van der Waals surface area contributed by atoms with E-state index < -0.39 is 11.7 Å². The van der Waals surface area contributed by atoms with Crippen molar-refractivity contribution in [1.29, 1.82) is 0 Å². The number of halogens is 3. The van der Waals surface area contributed by atoms with Crippen molar-refractivity contribution in [3.63, 3.8) is 0 Å². The summed E-state index contributed by atoms with van der Waals surface area (Å²) >= 11 is 0. The molecule has 1 unspecified atom stereocenters. The maximum atomic E-state index is 12.9. The van der Waals surface area contributed by atoms with E-state index in [1.807, 2.05) is 11.6 Å². The average molecular weight is 356 g/mol. The van der Waals surface area contributed by atoms with Gasteiger partial charge in [-0.05, 0) is 19.8 Å². The van der Waals surface area contributed by atoms with Gasteiger partial charge in [-0.1, -0.05) is 0 Å². The fourth-order valence-electron chi connectivity index (χ4n) is 2.79. The quantitative estimate of drug-likeness (QED) is 0.876. The van der Waals surface area contributed by atoms with E-state index in [9.17, 15) is 13.2 Å². The van der Waals surface area contributed by atoms with Gasteiger partial charge in [0.15, 0.2) is 0 Å². The Morgan fingerprint density at radius 2 is 2.12 bits per heavy atom. The van der Waals surface area contributed by atoms with Crippen LogP contribution in [0.2, 0.25) is 0 Å². The summed E-state index contributed by atoms with van der Waals surface area (Å²) in [5.41, 5.74) is 0.588. The molecule has 1 fully saturated rings. The normalized spacial score (nSPS) is 18.2. The van der Waals surface area contributed by atoms with E-state index in [2.05, 4.69) is 25.7 Å². The van der Waals surface area contributed by atoms with Crippen LogP contribution in [0.4, 0.5) is 30.6 Å². The number of nitrogens with zero attached hydrogens (tertiary/aromatic N) is 4. The van der Waals surface area contributed by atoms with Gasteiger partial charge in [-0.2, -0.15) is 23.3 Å². The molecule has 3 rings (SSSR count). The number of alkyl halides is 3. The molecule has 2 N–H and O–H groups in total. The van der Waals surface area contributed by atoms with Gasteiger partial charge in [0, 0.05) is 19.9 Å². The molecular formula is C15H19F3N6O. The van der Waals surface area contributed by atoms with Crippen molar-refractivity contribution in [2.24, 2.45) is 0 Å². The second-order valence-electron chi connectivity index (χ2n) is 5.79. The highest BCUT2D eigenvalue weighted by atomic mass is 19.4. The van der Waals surface area contributed by atoms with Crippen LogP contribution in [0.3, 0.4) is 0 Å². The Morgan fingerprint density at radius 1 is 1.32 bits per heavy atom. The SMILES string of the molecule is CNc1nc(Nc2cnn(C3CCCOC3)c2C)ncc1C(F)(F)F. The monoisotopic (exact) mass is 356 g/mol. The number of hydrogen-bond donors (Lipinski definition) is 2. The summed E-state index contributed by atoms with van der Waals surface area (Å²) in [4.78, 5) is 7.67. The minimum absolute atomic E-state index is 0.0693. The van der Waals surface area contributed by atoms with Crippen LogP contribution in [0.15, 0.2) is 12.4 Å². The highest BCUT2D eigenvalue weighted by Crippen LogP contribution is 2.34. The fraction of sp³-hybridized carbons (Fsp3) is 0.533. The zero-order valence-corrected chi connectivity index (χ0v) is 13.9. The van der Waals surface area contributed by atoms with Crippen molar-refractivity contribution in [3.8, 4) is 0 Å². The van der Waals surface area contributed by atoms with Crippen LogP contribution < -0.4 is 10.6 Å². The fourth-order valence-corrected chi connectivity index (χ4v) is 2.79. The molecule has 10 heteroatoms. The Labute approximate surface area is 142 Å². The van der Waals surface area contributed by atoms with Crippen molar-refractivity contribution in [2.75, 3.05) is 30.9 Å². The molecular weight excluding hydrogens is 337 g/mol. The lowest BCUT2D eigenvalue weighted by Crippen LogP contribution is -2.23. The van der Waals surface area contributed by atoms with Crippen LogP contribution in [-0.2, 0) is 10.9 Å². The van der Waals surface area contributed by atoms with Gasteiger partial charge < -0.3 is 15.4 Å². The molecule has 2 aromatic rings. The molecule has 25 heavy (non-hydrogen) atoms. The molecule has 0 bridgehead atoms. The van der Waals surface area contributed by atoms with E-state index in [4.69, 9.17) is 4.74 Å². The van der Waals surface area contributed by atoms with Crippen molar-refractivity contribution < 1.29 is 17.9 Å². The Morgan fingerprint density at radius 3 is 2.76 bits per heavy atom. The lowest BCUT2D eigenvalue weighted by atomic mass is 10.1. The first-order valence-electron chi connectivity index (χ1n) is 7.91. The van der Waals surface area contributed by atoms with E-state index in [0.29, 0.717) is 12.3 Å².